The van der Waals surface area contributed by atoms with Crippen molar-refractivity contribution in [3.8, 4) is 0 Å². The molecule has 1 aliphatic carbocycles. The normalized spacial score (nSPS) is 21.4. The second-order valence-electron chi connectivity index (χ2n) is 8.79. The van der Waals surface area contributed by atoms with Gasteiger partial charge in [-0.1, -0.05) is 36.4 Å². The van der Waals surface area contributed by atoms with Crippen LogP contribution in [0.3, 0.4) is 0 Å². The third-order valence-corrected chi connectivity index (χ3v) is 8.90. The highest BCUT2D eigenvalue weighted by Gasteiger charge is 2.30. The molecule has 0 unspecified atom stereocenters. The van der Waals surface area contributed by atoms with E-state index in [2.05, 4.69) is 8.80 Å². The summed E-state index contributed by atoms with van der Waals surface area (Å²) in [5.41, 5.74) is 1.39. The lowest BCUT2D eigenvalue weighted by atomic mass is 10.0. The van der Waals surface area contributed by atoms with Gasteiger partial charge >= 0.3 is 0 Å². The molecule has 5 rings (SSSR count). The molecule has 12 heteroatoms. The van der Waals surface area contributed by atoms with Crippen molar-refractivity contribution in [1.29, 1.82) is 0 Å². The van der Waals surface area contributed by atoms with Crippen molar-refractivity contribution >= 4 is 31.5 Å². The molecule has 2 fully saturated rings. The lowest BCUT2D eigenvalue weighted by Gasteiger charge is -2.36. The molecule has 0 atom stereocenters. The maximum atomic E-state index is 13.3. The van der Waals surface area contributed by atoms with Crippen LogP contribution in [0.1, 0.15) is 0 Å². The summed E-state index contributed by atoms with van der Waals surface area (Å²) in [5.74, 6) is 0. The highest BCUT2D eigenvalue weighted by atomic mass is 32.2. The van der Waals surface area contributed by atoms with Crippen molar-refractivity contribution in [2.75, 3.05) is 52.6 Å². The minimum atomic E-state index is -4.04. The Morgan fingerprint density at radius 2 is 0.895 bits per heavy atom. The molecule has 38 heavy (non-hydrogen) atoms. The molecule has 2 aromatic rings. The summed E-state index contributed by atoms with van der Waals surface area (Å²) in [6.45, 7) is 3.78. The number of benzene rings is 2. The monoisotopic (exact) mass is 556 g/mol. The van der Waals surface area contributed by atoms with Gasteiger partial charge in [0.1, 0.15) is 11.4 Å². The fourth-order valence-corrected chi connectivity index (χ4v) is 6.39. The van der Waals surface area contributed by atoms with E-state index in [0.29, 0.717) is 64.0 Å². The Bertz CT molecular complexity index is 1370. The molecule has 2 saturated heterocycles. The van der Waals surface area contributed by atoms with Crippen LogP contribution in [0, 0.1) is 0 Å². The first-order chi connectivity index (χ1) is 18.3. The van der Waals surface area contributed by atoms with Gasteiger partial charge in [0.2, 0.25) is 0 Å². The Hall–Kier alpha value is -3.32. The quantitative estimate of drug-likeness (QED) is 0.497. The number of hydrogen-bond acceptors (Lipinski definition) is 8. The number of sulfonamides is 2. The zero-order valence-electron chi connectivity index (χ0n) is 20.6. The summed E-state index contributed by atoms with van der Waals surface area (Å²) in [5, 5.41) is 0. The van der Waals surface area contributed by atoms with Crippen LogP contribution in [0.25, 0.3) is 0 Å². The highest BCUT2D eigenvalue weighted by Crippen LogP contribution is 2.26. The van der Waals surface area contributed by atoms with E-state index in [1.807, 2.05) is 9.80 Å². The number of morpholine rings is 2. The van der Waals surface area contributed by atoms with Gasteiger partial charge in [0.25, 0.3) is 20.0 Å². The van der Waals surface area contributed by atoms with Crippen LogP contribution in [-0.4, -0.2) is 90.7 Å². The van der Waals surface area contributed by atoms with Crippen LogP contribution in [-0.2, 0) is 29.5 Å². The van der Waals surface area contributed by atoms with Crippen LogP contribution < -0.4 is 0 Å². The van der Waals surface area contributed by atoms with E-state index in [0.717, 1.165) is 0 Å². The van der Waals surface area contributed by atoms with Gasteiger partial charge in [-0.25, -0.2) is 0 Å². The van der Waals surface area contributed by atoms with Crippen molar-refractivity contribution in [3.05, 3.63) is 84.2 Å². The molecule has 0 N–H and O–H groups in total. The van der Waals surface area contributed by atoms with Gasteiger partial charge in [0, 0.05) is 26.2 Å². The number of nitrogens with zero attached hydrogens (tertiary/aromatic N) is 4. The van der Waals surface area contributed by atoms with Gasteiger partial charge in [-0.15, -0.1) is 0 Å². The molecule has 2 aromatic carbocycles. The molecule has 2 aliphatic heterocycles. The molecular weight excluding hydrogens is 528 g/mol. The summed E-state index contributed by atoms with van der Waals surface area (Å²) in [7, 11) is -8.08. The molecule has 0 saturated carbocycles. The van der Waals surface area contributed by atoms with Crippen molar-refractivity contribution < 1.29 is 26.3 Å². The summed E-state index contributed by atoms with van der Waals surface area (Å²) < 4.78 is 72.5. The third kappa shape index (κ3) is 5.88. The first-order valence-corrected chi connectivity index (χ1v) is 15.1. The number of ether oxygens (including phenoxy) is 2. The Morgan fingerprint density at radius 3 is 1.24 bits per heavy atom. The van der Waals surface area contributed by atoms with Gasteiger partial charge in [-0.05, 0) is 36.4 Å². The minimum absolute atomic E-state index is 0.0706. The molecule has 0 spiro atoms. The minimum Gasteiger partial charge on any atom is -0.378 e. The zero-order valence-corrected chi connectivity index (χ0v) is 22.3. The number of hydrogen-bond donors (Lipinski definition) is 0. The van der Waals surface area contributed by atoms with Gasteiger partial charge in [0.05, 0.1) is 47.6 Å². The van der Waals surface area contributed by atoms with Crippen molar-refractivity contribution in [2.24, 2.45) is 8.80 Å². The first-order valence-electron chi connectivity index (χ1n) is 12.2. The maximum absolute atomic E-state index is 13.3. The predicted molar refractivity (Wildman–Crippen MR) is 143 cm³/mol. The average molecular weight is 557 g/mol. The molecule has 0 aromatic heterocycles. The van der Waals surface area contributed by atoms with E-state index < -0.39 is 20.0 Å². The van der Waals surface area contributed by atoms with Crippen molar-refractivity contribution in [1.82, 2.24) is 9.80 Å². The number of rotatable bonds is 6. The Kier molecular flexibility index (Phi) is 7.75. The zero-order chi connectivity index (χ0) is 26.6. The fraction of sp³-hybridized carbons (Fsp3) is 0.308. The summed E-state index contributed by atoms with van der Waals surface area (Å²) in [6.07, 6.45) is 3.24. The predicted octanol–water partition coefficient (Wildman–Crippen LogP) is 2.09. The van der Waals surface area contributed by atoms with Crippen LogP contribution >= 0.6 is 0 Å². The molecule has 10 nitrogen and oxygen atoms in total. The third-order valence-electron chi connectivity index (χ3n) is 6.29. The van der Waals surface area contributed by atoms with Crippen molar-refractivity contribution in [2.45, 2.75) is 9.79 Å². The lowest BCUT2D eigenvalue weighted by molar-refractivity contribution is 0.0552. The largest absolute Gasteiger partial charge is 0.378 e. The molecule has 0 radical (unpaired) electrons. The van der Waals surface area contributed by atoms with Gasteiger partial charge in [-0.2, -0.15) is 25.6 Å². The molecule has 0 amide bonds. The van der Waals surface area contributed by atoms with Gasteiger partial charge in [-0.3, -0.25) is 0 Å². The molecule has 200 valence electrons. The standard InChI is InChI=1S/C26H28N4O6S2/c31-37(32,21-7-3-1-4-8-21)27-23-19-26(30-13-17-36-18-14-30)24(20-25(23)29-11-15-35-16-12-29)28-38(33,34)22-9-5-2-6-10-22/h1-10,19-20H,11-18H2/b27-23-,28-24+. The summed E-state index contributed by atoms with van der Waals surface area (Å²) >= 11 is 0. The summed E-state index contributed by atoms with van der Waals surface area (Å²) in [4.78, 5) is 4.03. The summed E-state index contributed by atoms with van der Waals surface area (Å²) in [6, 6.07) is 16.0. The van der Waals surface area contributed by atoms with Crippen LogP contribution in [0.5, 0.6) is 0 Å². The van der Waals surface area contributed by atoms with Crippen LogP contribution in [0.2, 0.25) is 0 Å². The SMILES string of the molecule is O=S(=O)(/N=C1C=C(N2CCOCC2)/C(=N/S(=O)(=O)c2ccccc2)C=C/1N1CCOCC1)c1ccccc1. The van der Waals surface area contributed by atoms with Crippen molar-refractivity contribution in [3.63, 3.8) is 0 Å². The van der Waals surface area contributed by atoms with E-state index in [1.165, 1.54) is 24.3 Å². The Morgan fingerprint density at radius 1 is 0.553 bits per heavy atom. The molecule has 3 aliphatic rings. The topological polar surface area (TPSA) is 118 Å². The number of allylic oxidation sites excluding steroid dienone is 2. The lowest BCUT2D eigenvalue weighted by Crippen LogP contribution is -2.42. The molecule has 0 bridgehead atoms. The van der Waals surface area contributed by atoms with E-state index in [4.69, 9.17) is 9.47 Å². The van der Waals surface area contributed by atoms with E-state index >= 15 is 0 Å². The second kappa shape index (κ2) is 11.2. The van der Waals surface area contributed by atoms with Crippen LogP contribution in [0.15, 0.2) is 103 Å². The van der Waals surface area contributed by atoms with Gasteiger partial charge < -0.3 is 19.3 Å². The Balaban J connectivity index is 1.66. The Labute approximate surface area is 222 Å². The smallest absolute Gasteiger partial charge is 0.282 e. The average Bonchev–Trinajstić information content (AvgIpc) is 2.95. The highest BCUT2D eigenvalue weighted by molar-refractivity contribution is 7.90. The van der Waals surface area contributed by atoms with E-state index in [-0.39, 0.29) is 21.2 Å². The first kappa shape index (κ1) is 26.3. The fourth-order valence-electron chi connectivity index (χ4n) is 4.37. The maximum Gasteiger partial charge on any atom is 0.282 e. The molecular formula is C26H28N4O6S2. The van der Waals surface area contributed by atoms with E-state index in [9.17, 15) is 16.8 Å². The van der Waals surface area contributed by atoms with E-state index in [1.54, 1.807) is 48.6 Å². The molecule has 2 heterocycles. The second-order valence-corrected chi connectivity index (χ2v) is 12.0. The van der Waals surface area contributed by atoms with Crippen LogP contribution in [0.4, 0.5) is 0 Å². The van der Waals surface area contributed by atoms with Gasteiger partial charge in [0.15, 0.2) is 0 Å².